The number of rotatable bonds is 9. The molecule has 3 aromatic rings. The van der Waals surface area contributed by atoms with Gasteiger partial charge in [-0.2, -0.15) is 0 Å². The third kappa shape index (κ3) is 4.85. The summed E-state index contributed by atoms with van der Waals surface area (Å²) in [6.07, 6.45) is 9.16. The summed E-state index contributed by atoms with van der Waals surface area (Å²) in [5.41, 5.74) is 2.72. The maximum atomic E-state index is 13.2. The van der Waals surface area contributed by atoms with Crippen molar-refractivity contribution in [2.45, 2.75) is 50.8 Å². The standard InChI is InChI=1S/C24H27NO3S/c1-3-9-21(26)11-6-4-5-10-20-18-25(24-13-8-7-12-23(20)24)29(27,28)22-16-14-19(2)15-17-22/h6-8,11-18H,3-5,9-10H2,1-2H3/b11-6+. The fourth-order valence-electron chi connectivity index (χ4n) is 3.39. The molecule has 1 heterocycles. The minimum absolute atomic E-state index is 0.160. The second-order valence-corrected chi connectivity index (χ2v) is 9.11. The number of carbonyl (C=O) groups excluding carboxylic acids is 1. The first kappa shape index (κ1) is 21.1. The van der Waals surface area contributed by atoms with Gasteiger partial charge < -0.3 is 0 Å². The van der Waals surface area contributed by atoms with Crippen LogP contribution < -0.4 is 0 Å². The van der Waals surface area contributed by atoms with E-state index in [4.69, 9.17) is 0 Å². The highest BCUT2D eigenvalue weighted by atomic mass is 32.2. The van der Waals surface area contributed by atoms with Crippen LogP contribution in [0.3, 0.4) is 0 Å². The Labute approximate surface area is 172 Å². The molecule has 0 aliphatic heterocycles. The molecule has 0 atom stereocenters. The van der Waals surface area contributed by atoms with Gasteiger partial charge in [0.05, 0.1) is 10.4 Å². The van der Waals surface area contributed by atoms with Crippen molar-refractivity contribution in [3.63, 3.8) is 0 Å². The second kappa shape index (κ2) is 9.23. The van der Waals surface area contributed by atoms with Crippen LogP contribution in [0.1, 0.15) is 43.7 Å². The summed E-state index contributed by atoms with van der Waals surface area (Å²) in [6.45, 7) is 3.93. The van der Waals surface area contributed by atoms with E-state index in [1.165, 1.54) is 3.97 Å². The molecule has 0 amide bonds. The molecule has 0 unspecified atom stereocenters. The smallest absolute Gasteiger partial charge is 0.268 e. The number of ketones is 1. The third-order valence-corrected chi connectivity index (χ3v) is 6.64. The molecule has 0 N–H and O–H groups in total. The first-order chi connectivity index (χ1) is 13.9. The van der Waals surface area contributed by atoms with E-state index in [9.17, 15) is 13.2 Å². The SMILES string of the molecule is CCCC(=O)/C=C/CCCc1cn(S(=O)(=O)c2ccc(C)cc2)c2ccccc12. The predicted octanol–water partition coefficient (Wildman–Crippen LogP) is 5.43. The molecule has 29 heavy (non-hydrogen) atoms. The lowest BCUT2D eigenvalue weighted by atomic mass is 10.1. The highest BCUT2D eigenvalue weighted by Gasteiger charge is 2.20. The molecule has 0 saturated heterocycles. The van der Waals surface area contributed by atoms with Crippen molar-refractivity contribution < 1.29 is 13.2 Å². The van der Waals surface area contributed by atoms with Crippen molar-refractivity contribution in [1.29, 1.82) is 0 Å². The fraction of sp³-hybridized carbons (Fsp3) is 0.292. The van der Waals surface area contributed by atoms with Crippen molar-refractivity contribution in [2.75, 3.05) is 0 Å². The van der Waals surface area contributed by atoms with E-state index >= 15 is 0 Å². The van der Waals surface area contributed by atoms with Crippen molar-refractivity contribution in [1.82, 2.24) is 3.97 Å². The summed E-state index contributed by atoms with van der Waals surface area (Å²) in [7, 11) is -3.66. The Morgan fingerprint density at radius 1 is 1.07 bits per heavy atom. The Morgan fingerprint density at radius 2 is 1.79 bits per heavy atom. The van der Waals surface area contributed by atoms with Crippen molar-refractivity contribution >= 4 is 26.7 Å². The van der Waals surface area contributed by atoms with Gasteiger partial charge in [-0.3, -0.25) is 4.79 Å². The van der Waals surface area contributed by atoms with E-state index < -0.39 is 10.0 Å². The number of nitrogens with zero attached hydrogens (tertiary/aromatic N) is 1. The number of aryl methyl sites for hydroxylation is 2. The Balaban J connectivity index is 1.84. The van der Waals surface area contributed by atoms with Crippen LogP contribution in [0.15, 0.2) is 71.8 Å². The van der Waals surface area contributed by atoms with Crippen LogP contribution in [0.2, 0.25) is 0 Å². The number of aromatic nitrogens is 1. The number of allylic oxidation sites excluding steroid dienone is 2. The number of fused-ring (bicyclic) bond motifs is 1. The molecule has 2 aromatic carbocycles. The minimum atomic E-state index is -3.66. The number of hydrogen-bond donors (Lipinski definition) is 0. The lowest BCUT2D eigenvalue weighted by Crippen LogP contribution is -2.11. The zero-order chi connectivity index (χ0) is 20.9. The fourth-order valence-corrected chi connectivity index (χ4v) is 4.79. The molecule has 0 aliphatic carbocycles. The largest absolute Gasteiger partial charge is 0.295 e. The average molecular weight is 410 g/mol. The molecule has 3 rings (SSSR count). The van der Waals surface area contributed by atoms with Gasteiger partial charge in [-0.05, 0) is 62.4 Å². The lowest BCUT2D eigenvalue weighted by molar-refractivity contribution is -0.114. The zero-order valence-corrected chi connectivity index (χ0v) is 17.8. The van der Waals surface area contributed by atoms with Crippen LogP contribution in [0.25, 0.3) is 10.9 Å². The van der Waals surface area contributed by atoms with Gasteiger partial charge >= 0.3 is 0 Å². The topological polar surface area (TPSA) is 56.1 Å². The Morgan fingerprint density at radius 3 is 2.52 bits per heavy atom. The van der Waals surface area contributed by atoms with E-state index in [1.807, 2.05) is 56.3 Å². The molecule has 5 heteroatoms. The second-order valence-electron chi connectivity index (χ2n) is 7.30. The molecule has 0 fully saturated rings. The molecule has 0 aliphatic rings. The highest BCUT2D eigenvalue weighted by Crippen LogP contribution is 2.27. The van der Waals surface area contributed by atoms with Gasteiger partial charge in [0.1, 0.15) is 0 Å². The molecule has 0 bridgehead atoms. The van der Waals surface area contributed by atoms with Crippen LogP contribution in [0, 0.1) is 6.92 Å². The predicted molar refractivity (Wildman–Crippen MR) is 118 cm³/mol. The quantitative estimate of drug-likeness (QED) is 0.349. The zero-order valence-electron chi connectivity index (χ0n) is 17.0. The minimum Gasteiger partial charge on any atom is -0.295 e. The van der Waals surface area contributed by atoms with Gasteiger partial charge in [0.15, 0.2) is 5.78 Å². The molecular formula is C24H27NO3S. The summed E-state index contributed by atoms with van der Waals surface area (Å²) in [5, 5.41) is 0.953. The van der Waals surface area contributed by atoms with Crippen molar-refractivity contribution in [2.24, 2.45) is 0 Å². The van der Waals surface area contributed by atoms with Gasteiger partial charge in [0.2, 0.25) is 0 Å². The summed E-state index contributed by atoms with van der Waals surface area (Å²) in [5.74, 6) is 0.160. The van der Waals surface area contributed by atoms with E-state index in [2.05, 4.69) is 0 Å². The Bertz CT molecular complexity index is 1120. The number of hydrogen-bond acceptors (Lipinski definition) is 3. The third-order valence-electron chi connectivity index (χ3n) is 4.96. The molecule has 1 aromatic heterocycles. The molecule has 0 radical (unpaired) electrons. The molecule has 0 saturated carbocycles. The van der Waals surface area contributed by atoms with Crippen LogP contribution in [0.5, 0.6) is 0 Å². The van der Waals surface area contributed by atoms with Crippen molar-refractivity contribution in [3.05, 3.63) is 78.0 Å². The average Bonchev–Trinajstić information content (AvgIpc) is 3.08. The van der Waals surface area contributed by atoms with E-state index in [1.54, 1.807) is 24.4 Å². The Hall–Kier alpha value is -2.66. The van der Waals surface area contributed by atoms with Gasteiger partial charge in [0.25, 0.3) is 10.0 Å². The first-order valence-corrected chi connectivity index (χ1v) is 11.5. The maximum absolute atomic E-state index is 13.2. The Kier molecular flexibility index (Phi) is 6.70. The van der Waals surface area contributed by atoms with Gasteiger partial charge in [-0.25, -0.2) is 12.4 Å². The first-order valence-electron chi connectivity index (χ1n) is 10.0. The monoisotopic (exact) mass is 409 g/mol. The summed E-state index contributed by atoms with van der Waals surface area (Å²) >= 11 is 0. The number of para-hydroxylation sites is 1. The van der Waals surface area contributed by atoms with E-state index in [0.717, 1.165) is 42.2 Å². The van der Waals surface area contributed by atoms with Crippen LogP contribution >= 0.6 is 0 Å². The highest BCUT2D eigenvalue weighted by molar-refractivity contribution is 7.90. The molecule has 0 spiro atoms. The van der Waals surface area contributed by atoms with Crippen LogP contribution in [-0.4, -0.2) is 18.2 Å². The van der Waals surface area contributed by atoms with Crippen LogP contribution in [0.4, 0.5) is 0 Å². The molecular weight excluding hydrogens is 382 g/mol. The van der Waals surface area contributed by atoms with Crippen molar-refractivity contribution in [3.8, 4) is 0 Å². The molecule has 152 valence electrons. The van der Waals surface area contributed by atoms with Gasteiger partial charge in [-0.1, -0.05) is 48.9 Å². The van der Waals surface area contributed by atoms with Crippen LogP contribution in [-0.2, 0) is 21.2 Å². The summed E-state index contributed by atoms with van der Waals surface area (Å²) in [6, 6.07) is 14.5. The molecule has 4 nitrogen and oxygen atoms in total. The summed E-state index contributed by atoms with van der Waals surface area (Å²) < 4.78 is 27.8. The normalized spacial score (nSPS) is 12.1. The number of unbranched alkanes of at least 4 members (excludes halogenated alkanes) is 1. The van der Waals surface area contributed by atoms with Gasteiger partial charge in [0, 0.05) is 18.0 Å². The van der Waals surface area contributed by atoms with E-state index in [-0.39, 0.29) is 10.7 Å². The lowest BCUT2D eigenvalue weighted by Gasteiger charge is -2.07. The number of benzene rings is 2. The van der Waals surface area contributed by atoms with E-state index in [0.29, 0.717) is 11.9 Å². The summed E-state index contributed by atoms with van der Waals surface area (Å²) in [4.78, 5) is 11.8. The van der Waals surface area contributed by atoms with Gasteiger partial charge in [-0.15, -0.1) is 0 Å². The number of carbonyl (C=O) groups is 1. The maximum Gasteiger partial charge on any atom is 0.268 e.